The molecule has 4 rings (SSSR count). The van der Waals surface area contributed by atoms with E-state index >= 15 is 0 Å². The Balaban J connectivity index is 1.50. The number of hydrogen-bond acceptors (Lipinski definition) is 3. The number of nitrogens with one attached hydrogen (secondary N) is 1. The third-order valence-corrected chi connectivity index (χ3v) is 6.29. The van der Waals surface area contributed by atoms with E-state index in [0.717, 1.165) is 27.7 Å². The maximum atomic E-state index is 12.9. The molecule has 0 aromatic heterocycles. The van der Waals surface area contributed by atoms with E-state index < -0.39 is 0 Å². The van der Waals surface area contributed by atoms with Crippen molar-refractivity contribution in [2.45, 2.75) is 38.1 Å². The lowest BCUT2D eigenvalue weighted by Crippen LogP contribution is -2.40. The highest BCUT2D eigenvalue weighted by atomic mass is 79.9. The SMILES string of the molecule is COc1c(C(=O)NCN2CCCC2CC2CC2)cc(Br)c2ccccc12. The largest absolute Gasteiger partial charge is 0.495 e. The molecule has 1 N–H and O–H groups in total. The number of methoxy groups -OCH3 is 1. The summed E-state index contributed by atoms with van der Waals surface area (Å²) in [5.41, 5.74) is 0.580. The number of halogens is 1. The summed E-state index contributed by atoms with van der Waals surface area (Å²) in [5.74, 6) is 1.48. The number of carbonyl (C=O) groups excluding carboxylic acids is 1. The lowest BCUT2D eigenvalue weighted by atomic mass is 10.0. The number of carbonyl (C=O) groups is 1. The second-order valence-electron chi connectivity index (χ2n) is 7.44. The van der Waals surface area contributed by atoms with Gasteiger partial charge >= 0.3 is 0 Å². The van der Waals surface area contributed by atoms with Gasteiger partial charge < -0.3 is 10.1 Å². The second-order valence-corrected chi connectivity index (χ2v) is 8.29. The molecule has 1 unspecified atom stereocenters. The average Bonchev–Trinajstić information content (AvgIpc) is 3.36. The minimum absolute atomic E-state index is 0.0784. The Morgan fingerprint density at radius 3 is 2.77 bits per heavy atom. The van der Waals surface area contributed by atoms with Gasteiger partial charge in [-0.1, -0.05) is 53.0 Å². The maximum absolute atomic E-state index is 12.9. The molecular weight excluding hydrogens is 392 g/mol. The summed E-state index contributed by atoms with van der Waals surface area (Å²) >= 11 is 3.59. The molecule has 0 spiro atoms. The van der Waals surface area contributed by atoms with E-state index in [-0.39, 0.29) is 5.91 Å². The monoisotopic (exact) mass is 416 g/mol. The third kappa shape index (κ3) is 3.60. The number of benzene rings is 2. The third-order valence-electron chi connectivity index (χ3n) is 5.64. The van der Waals surface area contributed by atoms with Crippen molar-refractivity contribution in [2.75, 3.05) is 20.3 Å². The van der Waals surface area contributed by atoms with Crippen LogP contribution in [0.4, 0.5) is 0 Å². The molecular formula is C21H25BrN2O2. The molecule has 4 nitrogen and oxygen atoms in total. The van der Waals surface area contributed by atoms with Crippen LogP contribution in [0, 0.1) is 5.92 Å². The number of ether oxygens (including phenoxy) is 1. The van der Waals surface area contributed by atoms with E-state index in [1.807, 2.05) is 30.3 Å². The van der Waals surface area contributed by atoms with Crippen molar-refractivity contribution in [1.82, 2.24) is 10.2 Å². The van der Waals surface area contributed by atoms with Crippen LogP contribution in [-0.4, -0.2) is 37.2 Å². The predicted octanol–water partition coefficient (Wildman–Crippen LogP) is 4.56. The summed E-state index contributed by atoms with van der Waals surface area (Å²) in [7, 11) is 1.62. The molecule has 0 radical (unpaired) electrons. The first-order valence-electron chi connectivity index (χ1n) is 9.45. The Kier molecular flexibility index (Phi) is 5.18. The van der Waals surface area contributed by atoms with Crippen LogP contribution in [0.15, 0.2) is 34.8 Å². The van der Waals surface area contributed by atoms with Crippen LogP contribution in [0.2, 0.25) is 0 Å². The van der Waals surface area contributed by atoms with Crippen LogP contribution in [0.3, 0.4) is 0 Å². The zero-order chi connectivity index (χ0) is 18.1. The smallest absolute Gasteiger partial charge is 0.256 e. The van der Waals surface area contributed by atoms with Gasteiger partial charge in [0.15, 0.2) is 0 Å². The summed E-state index contributed by atoms with van der Waals surface area (Å²) in [4.78, 5) is 15.3. The van der Waals surface area contributed by atoms with Crippen LogP contribution < -0.4 is 10.1 Å². The van der Waals surface area contributed by atoms with Gasteiger partial charge in [0.05, 0.1) is 19.3 Å². The van der Waals surface area contributed by atoms with Crippen molar-refractivity contribution in [3.8, 4) is 5.75 Å². The predicted molar refractivity (Wildman–Crippen MR) is 108 cm³/mol. The Morgan fingerprint density at radius 2 is 2.04 bits per heavy atom. The lowest BCUT2D eigenvalue weighted by molar-refractivity contribution is 0.0912. The number of likely N-dealkylation sites (tertiary alicyclic amines) is 1. The van der Waals surface area contributed by atoms with Crippen molar-refractivity contribution < 1.29 is 9.53 Å². The molecule has 2 aromatic carbocycles. The van der Waals surface area contributed by atoms with Crippen LogP contribution in [-0.2, 0) is 0 Å². The van der Waals surface area contributed by atoms with E-state index in [1.165, 1.54) is 32.1 Å². The topological polar surface area (TPSA) is 41.6 Å². The summed E-state index contributed by atoms with van der Waals surface area (Å²) < 4.78 is 6.50. The number of nitrogens with zero attached hydrogens (tertiary/aromatic N) is 1. The summed E-state index contributed by atoms with van der Waals surface area (Å²) in [6, 6.07) is 10.5. The van der Waals surface area contributed by atoms with Crippen LogP contribution in [0.25, 0.3) is 10.8 Å². The van der Waals surface area contributed by atoms with Crippen molar-refractivity contribution in [1.29, 1.82) is 0 Å². The van der Waals surface area contributed by atoms with Gasteiger partial charge in [0.1, 0.15) is 5.75 Å². The molecule has 1 atom stereocenters. The van der Waals surface area contributed by atoms with Gasteiger partial charge in [-0.3, -0.25) is 9.69 Å². The molecule has 2 aromatic rings. The average molecular weight is 417 g/mol. The molecule has 138 valence electrons. The fraction of sp³-hybridized carbons (Fsp3) is 0.476. The van der Waals surface area contributed by atoms with Gasteiger partial charge in [-0.05, 0) is 36.6 Å². The highest BCUT2D eigenvalue weighted by Gasteiger charge is 2.31. The van der Waals surface area contributed by atoms with Crippen LogP contribution in [0.1, 0.15) is 42.5 Å². The summed E-state index contributed by atoms with van der Waals surface area (Å²) in [5, 5.41) is 5.11. The van der Waals surface area contributed by atoms with Crippen molar-refractivity contribution in [3.05, 3.63) is 40.4 Å². The van der Waals surface area contributed by atoms with Crippen LogP contribution >= 0.6 is 15.9 Å². The Bertz CT molecular complexity index is 819. The van der Waals surface area contributed by atoms with Gasteiger partial charge in [0, 0.05) is 22.4 Å². The molecule has 1 amide bonds. The standard InChI is InChI=1S/C21H25BrN2O2/c1-26-20-17-7-3-2-6-16(17)19(22)12-18(20)21(25)23-13-24-10-4-5-15(24)11-14-8-9-14/h2-3,6-7,12,14-15H,4-5,8-11,13H2,1H3,(H,23,25). The quantitative estimate of drug-likeness (QED) is 0.749. The van der Waals surface area contributed by atoms with E-state index in [4.69, 9.17) is 4.74 Å². The van der Waals surface area contributed by atoms with E-state index in [1.54, 1.807) is 7.11 Å². The number of amides is 1. The fourth-order valence-electron chi connectivity index (χ4n) is 4.07. The first kappa shape index (κ1) is 17.8. The molecule has 5 heteroatoms. The molecule has 1 heterocycles. The first-order valence-corrected chi connectivity index (χ1v) is 10.2. The molecule has 0 bridgehead atoms. The van der Waals surface area contributed by atoms with Gasteiger partial charge in [0.2, 0.25) is 0 Å². The minimum Gasteiger partial charge on any atom is -0.495 e. The first-order chi connectivity index (χ1) is 12.7. The van der Waals surface area contributed by atoms with Crippen molar-refractivity contribution >= 4 is 32.6 Å². The van der Waals surface area contributed by atoms with Gasteiger partial charge in [-0.2, -0.15) is 0 Å². The molecule has 1 saturated carbocycles. The number of hydrogen-bond donors (Lipinski definition) is 1. The molecule has 2 fully saturated rings. The van der Waals surface area contributed by atoms with Gasteiger partial charge in [-0.25, -0.2) is 0 Å². The maximum Gasteiger partial charge on any atom is 0.256 e. The number of rotatable bonds is 6. The van der Waals surface area contributed by atoms with Crippen molar-refractivity contribution in [3.63, 3.8) is 0 Å². The van der Waals surface area contributed by atoms with E-state index in [9.17, 15) is 4.79 Å². The summed E-state index contributed by atoms with van der Waals surface area (Å²) in [6.45, 7) is 1.69. The van der Waals surface area contributed by atoms with Crippen molar-refractivity contribution in [2.24, 2.45) is 5.92 Å². The van der Waals surface area contributed by atoms with Gasteiger partial charge in [-0.15, -0.1) is 0 Å². The molecule has 26 heavy (non-hydrogen) atoms. The molecule has 1 saturated heterocycles. The molecule has 1 aliphatic carbocycles. The zero-order valence-electron chi connectivity index (χ0n) is 15.1. The fourth-order valence-corrected chi connectivity index (χ4v) is 4.64. The number of fused-ring (bicyclic) bond motifs is 1. The Labute approximate surface area is 163 Å². The second kappa shape index (κ2) is 7.57. The minimum atomic E-state index is -0.0784. The highest BCUT2D eigenvalue weighted by molar-refractivity contribution is 9.10. The van der Waals surface area contributed by atoms with Crippen LogP contribution in [0.5, 0.6) is 5.75 Å². The zero-order valence-corrected chi connectivity index (χ0v) is 16.7. The lowest BCUT2D eigenvalue weighted by Gasteiger charge is -2.25. The van der Waals surface area contributed by atoms with E-state index in [2.05, 4.69) is 26.1 Å². The summed E-state index contributed by atoms with van der Waals surface area (Å²) in [6.07, 6.45) is 6.56. The Hall–Kier alpha value is -1.59. The highest BCUT2D eigenvalue weighted by Crippen LogP contribution is 2.37. The normalized spacial score (nSPS) is 20.5. The Morgan fingerprint density at radius 1 is 1.27 bits per heavy atom. The van der Waals surface area contributed by atoms with E-state index in [0.29, 0.717) is 24.0 Å². The van der Waals surface area contributed by atoms with Gasteiger partial charge in [0.25, 0.3) is 5.91 Å². The molecule has 1 aliphatic heterocycles. The molecule has 2 aliphatic rings.